The Kier molecular flexibility index (Phi) is 35.1. The largest absolute Gasteiger partial charge is 0.463 e. The fraction of sp³-hybridized carbons (Fsp3) is 0.973. The summed E-state index contributed by atoms with van der Waals surface area (Å²) in [4.78, 5) is 12.0. The van der Waals surface area contributed by atoms with Crippen LogP contribution < -0.4 is 0 Å². The summed E-state index contributed by atoms with van der Waals surface area (Å²) in [6.45, 7) is 5.28. The Labute approximate surface area is 257 Å². The first-order valence-electron chi connectivity index (χ1n) is 18.6. The molecule has 0 radical (unpaired) electrons. The summed E-state index contributed by atoms with van der Waals surface area (Å²) < 4.78 is 11.1. The molecule has 1 N–H and O–H groups in total. The average molecular weight is 583 g/mol. The highest BCUT2D eigenvalue weighted by molar-refractivity contribution is 5.69. The molecule has 0 aromatic heterocycles. The zero-order valence-corrected chi connectivity index (χ0v) is 28.1. The van der Waals surface area contributed by atoms with Crippen molar-refractivity contribution in [3.63, 3.8) is 0 Å². The number of ether oxygens (including phenoxy) is 2. The highest BCUT2D eigenvalue weighted by Gasteiger charge is 2.11. The zero-order chi connectivity index (χ0) is 29.9. The molecule has 0 aromatic carbocycles. The summed E-state index contributed by atoms with van der Waals surface area (Å²) in [5, 5.41) is 9.56. The minimum absolute atomic E-state index is 0.0924. The Bertz CT molecular complexity index is 495. The lowest BCUT2D eigenvalue weighted by molar-refractivity contribution is -0.149. The van der Waals surface area contributed by atoms with Crippen molar-refractivity contribution in [1.29, 1.82) is 0 Å². The molecule has 1 unspecified atom stereocenters. The van der Waals surface area contributed by atoms with E-state index in [1.54, 1.807) is 0 Å². The number of hydrogen-bond acceptors (Lipinski definition) is 4. The Balaban J connectivity index is 3.37. The normalized spacial score (nSPS) is 12.2. The average Bonchev–Trinajstić information content (AvgIpc) is 2.98. The smallest absolute Gasteiger partial charge is 0.305 e. The summed E-state index contributed by atoms with van der Waals surface area (Å²) >= 11 is 0. The number of unbranched alkanes of at least 4 members (excludes halogenated alkanes) is 27. The summed E-state index contributed by atoms with van der Waals surface area (Å²) in [5.74, 6) is -0.155. The molecule has 41 heavy (non-hydrogen) atoms. The van der Waals surface area contributed by atoms with E-state index in [9.17, 15) is 9.90 Å². The summed E-state index contributed by atoms with van der Waals surface area (Å²) in [6, 6.07) is 0. The number of carbonyl (C=O) groups excluding carboxylic acids is 1. The van der Waals surface area contributed by atoms with E-state index < -0.39 is 0 Å². The van der Waals surface area contributed by atoms with E-state index in [1.165, 1.54) is 167 Å². The quantitative estimate of drug-likeness (QED) is 0.0596. The van der Waals surface area contributed by atoms with Gasteiger partial charge < -0.3 is 14.6 Å². The molecule has 4 heteroatoms. The molecular weight excluding hydrogens is 508 g/mol. The molecule has 0 aliphatic heterocycles. The van der Waals surface area contributed by atoms with Gasteiger partial charge in [0.1, 0.15) is 12.7 Å². The fourth-order valence-corrected chi connectivity index (χ4v) is 5.60. The van der Waals surface area contributed by atoms with Gasteiger partial charge in [0.2, 0.25) is 0 Å². The summed E-state index contributed by atoms with van der Waals surface area (Å²) in [6.07, 6.45) is 38.7. The van der Waals surface area contributed by atoms with E-state index in [2.05, 4.69) is 13.8 Å². The maximum absolute atomic E-state index is 12.0. The molecule has 0 saturated carbocycles. The minimum atomic E-state index is -0.387. The van der Waals surface area contributed by atoms with Crippen molar-refractivity contribution < 1.29 is 19.4 Å². The van der Waals surface area contributed by atoms with Crippen molar-refractivity contribution in [2.75, 3.05) is 19.8 Å². The second-order valence-electron chi connectivity index (χ2n) is 12.7. The number of aliphatic hydroxyl groups excluding tert-OH is 1. The van der Waals surface area contributed by atoms with Gasteiger partial charge >= 0.3 is 5.97 Å². The van der Waals surface area contributed by atoms with Crippen LogP contribution in [0.15, 0.2) is 0 Å². The van der Waals surface area contributed by atoms with E-state index >= 15 is 0 Å². The molecule has 0 heterocycles. The van der Waals surface area contributed by atoms with Gasteiger partial charge in [-0.3, -0.25) is 4.79 Å². The minimum Gasteiger partial charge on any atom is -0.463 e. The van der Waals surface area contributed by atoms with Crippen molar-refractivity contribution in [1.82, 2.24) is 0 Å². The third-order valence-corrected chi connectivity index (χ3v) is 8.47. The number of hydrogen-bond donors (Lipinski definition) is 1. The zero-order valence-electron chi connectivity index (χ0n) is 28.1. The molecular formula is C37H74O4. The van der Waals surface area contributed by atoms with Crippen LogP contribution in [0.2, 0.25) is 0 Å². The number of aliphatic hydroxyl groups is 1. The van der Waals surface area contributed by atoms with Gasteiger partial charge in [0.05, 0.1) is 6.61 Å². The molecule has 0 amide bonds. The van der Waals surface area contributed by atoms with Crippen LogP contribution >= 0.6 is 0 Å². The van der Waals surface area contributed by atoms with Gasteiger partial charge in [-0.05, 0) is 12.8 Å². The van der Waals surface area contributed by atoms with E-state index in [1.807, 2.05) is 0 Å². The highest BCUT2D eigenvalue weighted by atomic mass is 16.6. The van der Waals surface area contributed by atoms with Crippen LogP contribution in [0, 0.1) is 0 Å². The maximum atomic E-state index is 12.0. The van der Waals surface area contributed by atoms with E-state index in [0.717, 1.165) is 19.3 Å². The number of rotatable bonds is 35. The molecule has 1 atom stereocenters. The van der Waals surface area contributed by atoms with E-state index in [0.29, 0.717) is 13.0 Å². The van der Waals surface area contributed by atoms with Crippen molar-refractivity contribution >= 4 is 5.97 Å². The lowest BCUT2D eigenvalue weighted by Crippen LogP contribution is -2.26. The Hall–Kier alpha value is -0.610. The maximum Gasteiger partial charge on any atom is 0.305 e. The van der Waals surface area contributed by atoms with Gasteiger partial charge in [-0.2, -0.15) is 0 Å². The lowest BCUT2D eigenvalue weighted by atomic mass is 10.0. The molecule has 0 saturated heterocycles. The summed E-state index contributed by atoms with van der Waals surface area (Å²) in [7, 11) is 0. The van der Waals surface area contributed by atoms with Crippen LogP contribution in [0.3, 0.4) is 0 Å². The molecule has 0 aromatic rings. The van der Waals surface area contributed by atoms with Gasteiger partial charge in [-0.25, -0.2) is 0 Å². The lowest BCUT2D eigenvalue weighted by Gasteiger charge is -2.15. The Morgan fingerprint density at radius 2 is 0.805 bits per heavy atom. The van der Waals surface area contributed by atoms with Crippen molar-refractivity contribution in [2.24, 2.45) is 0 Å². The Morgan fingerprint density at radius 3 is 1.15 bits per heavy atom. The second-order valence-corrected chi connectivity index (χ2v) is 12.7. The van der Waals surface area contributed by atoms with Crippen molar-refractivity contribution in [3.8, 4) is 0 Å². The molecule has 0 aliphatic rings. The molecule has 4 nitrogen and oxygen atoms in total. The van der Waals surface area contributed by atoms with Crippen LogP contribution in [0.4, 0.5) is 0 Å². The third kappa shape index (κ3) is 33.8. The topological polar surface area (TPSA) is 55.8 Å². The highest BCUT2D eigenvalue weighted by Crippen LogP contribution is 2.15. The molecule has 0 fully saturated rings. The molecule has 0 spiro atoms. The first kappa shape index (κ1) is 40.4. The fourth-order valence-electron chi connectivity index (χ4n) is 5.60. The van der Waals surface area contributed by atoms with Crippen LogP contribution in [0.25, 0.3) is 0 Å². The van der Waals surface area contributed by atoms with E-state index in [-0.39, 0.29) is 25.3 Å². The Morgan fingerprint density at radius 1 is 0.488 bits per heavy atom. The molecule has 0 bridgehead atoms. The van der Waals surface area contributed by atoms with Crippen LogP contribution in [0.5, 0.6) is 0 Å². The van der Waals surface area contributed by atoms with Gasteiger partial charge in [0.25, 0.3) is 0 Å². The molecule has 0 rings (SSSR count). The molecule has 0 aliphatic carbocycles. The van der Waals surface area contributed by atoms with Crippen LogP contribution in [0.1, 0.15) is 206 Å². The monoisotopic (exact) mass is 583 g/mol. The number of carbonyl (C=O) groups is 1. The van der Waals surface area contributed by atoms with Gasteiger partial charge in [0, 0.05) is 13.0 Å². The third-order valence-electron chi connectivity index (χ3n) is 8.47. The summed E-state index contributed by atoms with van der Waals surface area (Å²) in [5.41, 5.74) is 0. The van der Waals surface area contributed by atoms with Crippen LogP contribution in [-0.2, 0) is 14.3 Å². The second kappa shape index (κ2) is 35.6. The SMILES string of the molecule is CCCCCCCCCCCCCCCCCCOC(CO)COC(=O)CCCCCCCCCCCCCCC. The predicted octanol–water partition coefficient (Wildman–Crippen LogP) is 11.6. The first-order valence-corrected chi connectivity index (χ1v) is 18.6. The van der Waals surface area contributed by atoms with Gasteiger partial charge in [-0.1, -0.05) is 187 Å². The standard InChI is InChI=1S/C37H74O4/c1-3-5-7-9-11-13-15-17-18-19-21-23-25-27-29-31-33-40-36(34-38)35-41-37(39)32-30-28-26-24-22-20-16-14-12-10-8-6-4-2/h36,38H,3-35H2,1-2H3. The first-order chi connectivity index (χ1) is 20.2. The van der Waals surface area contributed by atoms with Crippen LogP contribution in [-0.4, -0.2) is 37.0 Å². The van der Waals surface area contributed by atoms with Gasteiger partial charge in [0.15, 0.2) is 0 Å². The molecule has 246 valence electrons. The predicted molar refractivity (Wildman–Crippen MR) is 178 cm³/mol. The van der Waals surface area contributed by atoms with E-state index in [4.69, 9.17) is 9.47 Å². The van der Waals surface area contributed by atoms with Crippen molar-refractivity contribution in [2.45, 2.75) is 213 Å². The van der Waals surface area contributed by atoms with Crippen molar-refractivity contribution in [3.05, 3.63) is 0 Å². The van der Waals surface area contributed by atoms with Gasteiger partial charge in [-0.15, -0.1) is 0 Å². The number of esters is 1.